The Morgan fingerprint density at radius 3 is 2.59 bits per heavy atom. The SMILES string of the molecule is CCCCCCCCC(=O)N1CCCC1C(=O)NCCCN. The van der Waals surface area contributed by atoms with Crippen LogP contribution >= 0.6 is 0 Å². The van der Waals surface area contributed by atoms with Gasteiger partial charge in [-0.1, -0.05) is 39.0 Å². The lowest BCUT2D eigenvalue weighted by molar-refractivity contribution is -0.138. The van der Waals surface area contributed by atoms with E-state index in [0.29, 0.717) is 19.5 Å². The largest absolute Gasteiger partial charge is 0.354 e. The molecule has 3 N–H and O–H groups in total. The van der Waals surface area contributed by atoms with E-state index in [1.165, 1.54) is 25.7 Å². The van der Waals surface area contributed by atoms with Crippen molar-refractivity contribution in [2.45, 2.75) is 77.2 Å². The van der Waals surface area contributed by atoms with Gasteiger partial charge in [-0.3, -0.25) is 9.59 Å². The first-order chi connectivity index (χ1) is 10.7. The summed E-state index contributed by atoms with van der Waals surface area (Å²) in [6, 6.07) is -0.259. The van der Waals surface area contributed by atoms with Crippen molar-refractivity contribution in [2.24, 2.45) is 5.73 Å². The predicted octanol–water partition coefficient (Wildman–Crippen LogP) is 2.19. The lowest BCUT2D eigenvalue weighted by Crippen LogP contribution is -2.46. The maximum absolute atomic E-state index is 12.3. The molecule has 1 rings (SSSR count). The van der Waals surface area contributed by atoms with Gasteiger partial charge in [0.05, 0.1) is 0 Å². The zero-order chi connectivity index (χ0) is 16.2. The third kappa shape index (κ3) is 6.77. The Labute approximate surface area is 135 Å². The second-order valence-electron chi connectivity index (χ2n) is 6.20. The molecule has 0 saturated carbocycles. The lowest BCUT2D eigenvalue weighted by atomic mass is 10.1. The Bertz CT molecular complexity index is 334. The van der Waals surface area contributed by atoms with Gasteiger partial charge in [0.25, 0.3) is 0 Å². The Morgan fingerprint density at radius 1 is 1.14 bits per heavy atom. The number of nitrogens with zero attached hydrogens (tertiary/aromatic N) is 1. The molecule has 5 nitrogen and oxygen atoms in total. The summed E-state index contributed by atoms with van der Waals surface area (Å²) in [7, 11) is 0. The summed E-state index contributed by atoms with van der Waals surface area (Å²) in [6.45, 7) is 4.11. The topological polar surface area (TPSA) is 75.4 Å². The number of rotatable bonds is 11. The van der Waals surface area contributed by atoms with Gasteiger partial charge < -0.3 is 16.0 Å². The number of unbranched alkanes of at least 4 members (excludes halogenated alkanes) is 5. The number of amides is 2. The summed E-state index contributed by atoms with van der Waals surface area (Å²) in [5.41, 5.74) is 5.43. The fourth-order valence-electron chi connectivity index (χ4n) is 2.97. The van der Waals surface area contributed by atoms with Gasteiger partial charge in [0, 0.05) is 19.5 Å². The molecule has 1 fully saturated rings. The number of likely N-dealkylation sites (tertiary alicyclic amines) is 1. The first kappa shape index (κ1) is 18.9. The molecular weight excluding hydrogens is 278 g/mol. The number of hydrogen-bond acceptors (Lipinski definition) is 3. The van der Waals surface area contributed by atoms with E-state index in [1.807, 2.05) is 0 Å². The van der Waals surface area contributed by atoms with Crippen molar-refractivity contribution < 1.29 is 9.59 Å². The Balaban J connectivity index is 2.26. The molecule has 1 unspecified atom stereocenters. The van der Waals surface area contributed by atoms with Gasteiger partial charge in [-0.25, -0.2) is 0 Å². The molecule has 2 amide bonds. The maximum Gasteiger partial charge on any atom is 0.242 e. The van der Waals surface area contributed by atoms with E-state index in [-0.39, 0.29) is 17.9 Å². The van der Waals surface area contributed by atoms with Crippen LogP contribution < -0.4 is 11.1 Å². The van der Waals surface area contributed by atoms with Crippen LogP contribution in [0, 0.1) is 0 Å². The van der Waals surface area contributed by atoms with Gasteiger partial charge in [-0.2, -0.15) is 0 Å². The van der Waals surface area contributed by atoms with E-state index in [4.69, 9.17) is 5.73 Å². The molecule has 1 aliphatic rings. The van der Waals surface area contributed by atoms with Crippen LogP contribution in [-0.4, -0.2) is 42.4 Å². The summed E-state index contributed by atoms with van der Waals surface area (Å²) in [4.78, 5) is 26.2. The summed E-state index contributed by atoms with van der Waals surface area (Å²) >= 11 is 0. The van der Waals surface area contributed by atoms with Gasteiger partial charge in [-0.15, -0.1) is 0 Å². The van der Waals surface area contributed by atoms with E-state index >= 15 is 0 Å². The molecule has 0 aromatic rings. The van der Waals surface area contributed by atoms with Gasteiger partial charge in [0.2, 0.25) is 11.8 Å². The Hall–Kier alpha value is -1.10. The molecule has 5 heteroatoms. The molecule has 128 valence electrons. The summed E-state index contributed by atoms with van der Waals surface area (Å²) in [5.74, 6) is 0.134. The normalized spacial score (nSPS) is 17.7. The number of hydrogen-bond donors (Lipinski definition) is 2. The molecule has 0 bridgehead atoms. The van der Waals surface area contributed by atoms with Crippen molar-refractivity contribution in [1.82, 2.24) is 10.2 Å². The zero-order valence-corrected chi connectivity index (χ0v) is 14.1. The monoisotopic (exact) mass is 311 g/mol. The summed E-state index contributed by atoms with van der Waals surface area (Å²) in [5, 5.41) is 2.89. The van der Waals surface area contributed by atoms with E-state index < -0.39 is 0 Å². The average molecular weight is 311 g/mol. The van der Waals surface area contributed by atoms with Gasteiger partial charge >= 0.3 is 0 Å². The Kier molecular flexibility index (Phi) is 9.87. The molecular formula is C17H33N3O2. The van der Waals surface area contributed by atoms with Crippen molar-refractivity contribution in [3.05, 3.63) is 0 Å². The second-order valence-corrected chi connectivity index (χ2v) is 6.20. The minimum absolute atomic E-state index is 0.0118. The summed E-state index contributed by atoms with van der Waals surface area (Å²) < 4.78 is 0. The van der Waals surface area contributed by atoms with E-state index in [0.717, 1.165) is 38.6 Å². The summed E-state index contributed by atoms with van der Waals surface area (Å²) in [6.07, 6.45) is 10.1. The van der Waals surface area contributed by atoms with Gasteiger partial charge in [0.15, 0.2) is 0 Å². The van der Waals surface area contributed by atoms with Crippen LogP contribution in [-0.2, 0) is 9.59 Å². The minimum atomic E-state index is -0.259. The molecule has 22 heavy (non-hydrogen) atoms. The molecule has 1 atom stereocenters. The first-order valence-electron chi connectivity index (χ1n) is 8.98. The van der Waals surface area contributed by atoms with Crippen molar-refractivity contribution >= 4 is 11.8 Å². The molecule has 0 aromatic carbocycles. The smallest absolute Gasteiger partial charge is 0.242 e. The average Bonchev–Trinajstić information content (AvgIpc) is 3.00. The zero-order valence-electron chi connectivity index (χ0n) is 14.1. The fourth-order valence-corrected chi connectivity index (χ4v) is 2.97. The van der Waals surface area contributed by atoms with E-state index in [2.05, 4.69) is 12.2 Å². The molecule has 1 heterocycles. The van der Waals surface area contributed by atoms with Crippen LogP contribution in [0.25, 0.3) is 0 Å². The highest BCUT2D eigenvalue weighted by atomic mass is 16.2. The highest BCUT2D eigenvalue weighted by molar-refractivity contribution is 5.88. The van der Waals surface area contributed by atoms with Crippen molar-refractivity contribution in [3.63, 3.8) is 0 Å². The quantitative estimate of drug-likeness (QED) is 0.574. The number of nitrogens with one attached hydrogen (secondary N) is 1. The second kappa shape index (κ2) is 11.5. The van der Waals surface area contributed by atoms with Crippen LogP contribution in [0.3, 0.4) is 0 Å². The van der Waals surface area contributed by atoms with Crippen LogP contribution in [0.15, 0.2) is 0 Å². The standard InChI is InChI=1S/C17H33N3O2/c1-2-3-4-5-6-7-11-16(21)20-14-8-10-15(20)17(22)19-13-9-12-18/h15H,2-14,18H2,1H3,(H,19,22). The molecule has 0 aromatic heterocycles. The highest BCUT2D eigenvalue weighted by Crippen LogP contribution is 2.19. The van der Waals surface area contributed by atoms with Gasteiger partial charge in [0.1, 0.15) is 6.04 Å². The number of nitrogens with two attached hydrogens (primary N) is 1. The maximum atomic E-state index is 12.3. The van der Waals surface area contributed by atoms with Crippen LogP contribution in [0.2, 0.25) is 0 Å². The minimum Gasteiger partial charge on any atom is -0.354 e. The van der Waals surface area contributed by atoms with Crippen molar-refractivity contribution in [1.29, 1.82) is 0 Å². The number of carbonyl (C=O) groups is 2. The van der Waals surface area contributed by atoms with Crippen molar-refractivity contribution in [3.8, 4) is 0 Å². The molecule has 0 spiro atoms. The molecule has 1 saturated heterocycles. The molecule has 0 radical (unpaired) electrons. The molecule has 0 aliphatic carbocycles. The Morgan fingerprint density at radius 2 is 1.86 bits per heavy atom. The fraction of sp³-hybridized carbons (Fsp3) is 0.882. The van der Waals surface area contributed by atoms with E-state index in [1.54, 1.807) is 4.90 Å². The van der Waals surface area contributed by atoms with Crippen molar-refractivity contribution in [2.75, 3.05) is 19.6 Å². The highest BCUT2D eigenvalue weighted by Gasteiger charge is 2.33. The first-order valence-corrected chi connectivity index (χ1v) is 8.98. The van der Waals surface area contributed by atoms with Gasteiger partial charge in [-0.05, 0) is 32.2 Å². The van der Waals surface area contributed by atoms with E-state index in [9.17, 15) is 9.59 Å². The van der Waals surface area contributed by atoms with Crippen LogP contribution in [0.1, 0.15) is 71.1 Å². The predicted molar refractivity (Wildman–Crippen MR) is 89.4 cm³/mol. The third-order valence-corrected chi connectivity index (χ3v) is 4.30. The number of carbonyl (C=O) groups excluding carboxylic acids is 2. The third-order valence-electron chi connectivity index (χ3n) is 4.30. The van der Waals surface area contributed by atoms with Crippen LogP contribution in [0.4, 0.5) is 0 Å². The van der Waals surface area contributed by atoms with Crippen LogP contribution in [0.5, 0.6) is 0 Å². The lowest BCUT2D eigenvalue weighted by Gasteiger charge is -2.24. The molecule has 1 aliphatic heterocycles.